The molecule has 0 spiro atoms. The summed E-state index contributed by atoms with van der Waals surface area (Å²) in [6, 6.07) is 5.64. The number of nitrogens with one attached hydrogen (secondary N) is 3. The molecule has 4 rings (SSSR count). The molecule has 3 heterocycles. The van der Waals surface area contributed by atoms with E-state index in [1.54, 1.807) is 24.2 Å². The maximum atomic E-state index is 13.2. The summed E-state index contributed by atoms with van der Waals surface area (Å²) in [7, 11) is 1.61. The number of amides is 1. The van der Waals surface area contributed by atoms with E-state index >= 15 is 0 Å². The lowest BCUT2D eigenvalue weighted by atomic mass is 9.77. The van der Waals surface area contributed by atoms with E-state index in [2.05, 4.69) is 37.6 Å². The van der Waals surface area contributed by atoms with Crippen molar-refractivity contribution in [3.8, 4) is 0 Å². The number of aromatic nitrogens is 6. The number of hydrogen-bond acceptors (Lipinski definition) is 8. The fourth-order valence-corrected chi connectivity index (χ4v) is 4.58. The van der Waals surface area contributed by atoms with Crippen molar-refractivity contribution in [2.24, 2.45) is 4.99 Å². The number of rotatable bonds is 10. The number of aromatic amines is 1. The Morgan fingerprint density at radius 1 is 1.26 bits per heavy atom. The van der Waals surface area contributed by atoms with E-state index in [1.165, 1.54) is 0 Å². The largest absolute Gasteiger partial charge is 0.368 e. The second-order valence-electron chi connectivity index (χ2n) is 9.62. The SMILES string of the molecule is C=N/C(=C\C=C(/C)CNC(=O)[C@]1(OC)CC[C@@H](c2nc(C)cc(Nc3cc(C)[nH]n3)n2)CC1)n1cccn1. The summed E-state index contributed by atoms with van der Waals surface area (Å²) in [5.41, 5.74) is 1.94. The third-order valence-electron chi connectivity index (χ3n) is 6.74. The van der Waals surface area contributed by atoms with Crippen LogP contribution >= 0.6 is 0 Å². The molecular weight excluding hydrogens is 482 g/mol. The highest BCUT2D eigenvalue weighted by Gasteiger charge is 2.42. The van der Waals surface area contributed by atoms with E-state index in [9.17, 15) is 4.79 Å². The number of aliphatic imine (C=N–C) groups is 1. The molecule has 1 saturated carbocycles. The van der Waals surface area contributed by atoms with Gasteiger partial charge < -0.3 is 15.4 Å². The number of allylic oxidation sites excluding steroid dienone is 2. The maximum absolute atomic E-state index is 13.2. The molecule has 1 amide bonds. The normalized spacial score (nSPS) is 20.3. The number of nitrogens with zero attached hydrogens (tertiary/aromatic N) is 6. The number of aryl methyl sites for hydroxylation is 2. The van der Waals surface area contributed by atoms with E-state index in [4.69, 9.17) is 14.7 Å². The second kappa shape index (κ2) is 12.0. The molecule has 1 aliphatic rings. The van der Waals surface area contributed by atoms with Gasteiger partial charge in [0.05, 0.1) is 0 Å². The van der Waals surface area contributed by atoms with Crippen LogP contribution in [0.5, 0.6) is 0 Å². The number of anilines is 2. The second-order valence-corrected chi connectivity index (χ2v) is 9.62. The highest BCUT2D eigenvalue weighted by atomic mass is 16.5. The Bertz CT molecular complexity index is 1320. The molecule has 0 saturated heterocycles. The van der Waals surface area contributed by atoms with Crippen LogP contribution in [0, 0.1) is 13.8 Å². The van der Waals surface area contributed by atoms with Crippen molar-refractivity contribution in [2.75, 3.05) is 19.0 Å². The van der Waals surface area contributed by atoms with E-state index in [1.807, 2.05) is 51.1 Å². The van der Waals surface area contributed by atoms with Gasteiger partial charge in [0.1, 0.15) is 17.2 Å². The quantitative estimate of drug-likeness (QED) is 0.273. The van der Waals surface area contributed by atoms with Gasteiger partial charge in [-0.05, 0) is 65.3 Å². The van der Waals surface area contributed by atoms with Crippen LogP contribution in [-0.2, 0) is 9.53 Å². The van der Waals surface area contributed by atoms with Gasteiger partial charge in [-0.25, -0.2) is 19.6 Å². The summed E-state index contributed by atoms with van der Waals surface area (Å²) >= 11 is 0. The summed E-state index contributed by atoms with van der Waals surface area (Å²) in [5.74, 6) is 2.84. The standard InChI is InChI=1S/C27H35N9O2/c1-18(7-8-24(28-4)36-14-6-13-30-36)17-29-26(37)27(38-5)11-9-21(10-12-27)25-31-19(2)15-22(33-25)32-23-16-20(3)34-35-23/h6-8,13-16,21H,4,9-12,17H2,1-3,5H3,(H,29,37)(H2,31,32,33,34,35)/b18-7+,24-8+/t21-,27+. The maximum Gasteiger partial charge on any atom is 0.252 e. The Hall–Kier alpha value is -4.12. The summed E-state index contributed by atoms with van der Waals surface area (Å²) in [6.07, 6.45) is 9.87. The van der Waals surface area contributed by atoms with E-state index in [0.717, 1.165) is 35.6 Å². The minimum absolute atomic E-state index is 0.106. The summed E-state index contributed by atoms with van der Waals surface area (Å²) in [4.78, 5) is 26.7. The van der Waals surface area contributed by atoms with Crippen molar-refractivity contribution in [2.45, 2.75) is 58.0 Å². The van der Waals surface area contributed by atoms with Gasteiger partial charge in [-0.15, -0.1) is 0 Å². The van der Waals surface area contributed by atoms with Crippen LogP contribution in [0.15, 0.2) is 53.3 Å². The number of methoxy groups -OCH3 is 1. The summed E-state index contributed by atoms with van der Waals surface area (Å²) in [5, 5.41) is 17.6. The molecule has 200 valence electrons. The van der Waals surface area contributed by atoms with Gasteiger partial charge in [0.2, 0.25) is 0 Å². The molecule has 3 aromatic heterocycles. The number of ether oxygens (including phenoxy) is 1. The third-order valence-corrected chi connectivity index (χ3v) is 6.74. The Morgan fingerprint density at radius 3 is 2.68 bits per heavy atom. The molecule has 0 aromatic carbocycles. The predicted molar refractivity (Wildman–Crippen MR) is 147 cm³/mol. The molecular formula is C27H35N9O2. The Kier molecular flexibility index (Phi) is 8.47. The number of H-pyrrole nitrogens is 1. The van der Waals surface area contributed by atoms with Crippen molar-refractivity contribution >= 4 is 30.1 Å². The first kappa shape index (κ1) is 26.9. The Morgan fingerprint density at radius 2 is 2.05 bits per heavy atom. The van der Waals surface area contributed by atoms with Gasteiger partial charge in [-0.1, -0.05) is 11.6 Å². The molecule has 38 heavy (non-hydrogen) atoms. The Labute approximate surface area is 222 Å². The van der Waals surface area contributed by atoms with Crippen LogP contribution < -0.4 is 10.6 Å². The first-order chi connectivity index (χ1) is 18.3. The molecule has 1 aliphatic carbocycles. The predicted octanol–water partition coefficient (Wildman–Crippen LogP) is 4.06. The third kappa shape index (κ3) is 6.41. The van der Waals surface area contributed by atoms with Crippen molar-refractivity contribution < 1.29 is 9.53 Å². The highest BCUT2D eigenvalue weighted by molar-refractivity contribution is 5.85. The van der Waals surface area contributed by atoms with Gasteiger partial charge >= 0.3 is 0 Å². The van der Waals surface area contributed by atoms with Gasteiger partial charge in [0, 0.05) is 55.5 Å². The summed E-state index contributed by atoms with van der Waals surface area (Å²) in [6.45, 7) is 9.84. The molecule has 11 nitrogen and oxygen atoms in total. The molecule has 3 N–H and O–H groups in total. The lowest BCUT2D eigenvalue weighted by Gasteiger charge is -2.37. The number of carbonyl (C=O) groups is 1. The topological polar surface area (TPSA) is 135 Å². The minimum Gasteiger partial charge on any atom is -0.368 e. The fourth-order valence-electron chi connectivity index (χ4n) is 4.58. The molecule has 0 aliphatic heterocycles. The van der Waals surface area contributed by atoms with Crippen molar-refractivity contribution in [3.05, 3.63) is 65.5 Å². The summed E-state index contributed by atoms with van der Waals surface area (Å²) < 4.78 is 7.43. The van der Waals surface area contributed by atoms with E-state index < -0.39 is 5.60 Å². The zero-order valence-electron chi connectivity index (χ0n) is 22.4. The van der Waals surface area contributed by atoms with Crippen LogP contribution in [0.25, 0.3) is 5.82 Å². The van der Waals surface area contributed by atoms with E-state index in [0.29, 0.717) is 36.8 Å². The van der Waals surface area contributed by atoms with Crippen molar-refractivity contribution in [3.63, 3.8) is 0 Å². The van der Waals surface area contributed by atoms with Crippen molar-refractivity contribution in [1.29, 1.82) is 0 Å². The molecule has 0 radical (unpaired) electrons. The van der Waals surface area contributed by atoms with Gasteiger partial charge in [-0.3, -0.25) is 9.89 Å². The van der Waals surface area contributed by atoms with Gasteiger partial charge in [0.25, 0.3) is 5.91 Å². The van der Waals surface area contributed by atoms with E-state index in [-0.39, 0.29) is 11.8 Å². The molecule has 1 fully saturated rings. The molecule has 11 heteroatoms. The smallest absolute Gasteiger partial charge is 0.252 e. The fraction of sp³-hybridized carbons (Fsp3) is 0.407. The molecule has 0 bridgehead atoms. The first-order valence-electron chi connectivity index (χ1n) is 12.6. The monoisotopic (exact) mass is 517 g/mol. The lowest BCUT2D eigenvalue weighted by Crippen LogP contribution is -2.50. The number of carbonyl (C=O) groups excluding carboxylic acids is 1. The average Bonchev–Trinajstić information content (AvgIpc) is 3.59. The van der Waals surface area contributed by atoms with Gasteiger partial charge in [-0.2, -0.15) is 10.2 Å². The van der Waals surface area contributed by atoms with Crippen LogP contribution in [0.1, 0.15) is 55.7 Å². The molecule has 3 aromatic rings. The molecule has 0 unspecified atom stereocenters. The average molecular weight is 518 g/mol. The van der Waals surface area contributed by atoms with Crippen LogP contribution in [0.2, 0.25) is 0 Å². The first-order valence-corrected chi connectivity index (χ1v) is 12.6. The zero-order chi connectivity index (χ0) is 27.1. The zero-order valence-corrected chi connectivity index (χ0v) is 22.4. The van der Waals surface area contributed by atoms with Crippen molar-refractivity contribution in [1.82, 2.24) is 35.3 Å². The molecule has 0 atom stereocenters. The van der Waals surface area contributed by atoms with Crippen LogP contribution in [-0.4, -0.2) is 61.8 Å². The van der Waals surface area contributed by atoms with Crippen LogP contribution in [0.4, 0.5) is 11.6 Å². The van der Waals surface area contributed by atoms with Gasteiger partial charge in [0.15, 0.2) is 11.6 Å². The highest BCUT2D eigenvalue weighted by Crippen LogP contribution is 2.39. The lowest BCUT2D eigenvalue weighted by molar-refractivity contribution is -0.147. The Balaban J connectivity index is 1.36. The van der Waals surface area contributed by atoms with Crippen LogP contribution in [0.3, 0.4) is 0 Å². The number of hydrogen-bond donors (Lipinski definition) is 3. The minimum atomic E-state index is -0.868.